The van der Waals surface area contributed by atoms with E-state index >= 15 is 0 Å². The topological polar surface area (TPSA) is 43.8 Å². The van der Waals surface area contributed by atoms with Gasteiger partial charge in [0, 0.05) is 12.1 Å². The Kier molecular flexibility index (Phi) is 4.54. The van der Waals surface area contributed by atoms with E-state index in [1.807, 2.05) is 4.68 Å². The lowest BCUT2D eigenvalue weighted by molar-refractivity contribution is 0.832. The van der Waals surface area contributed by atoms with Crippen LogP contribution in [0.3, 0.4) is 0 Å². The molecule has 0 fully saturated rings. The molecule has 3 rings (SSSR count). The molecule has 0 spiro atoms. The molecule has 1 heterocycles. The molecule has 3 heteroatoms. The third kappa shape index (κ3) is 3.13. The molecule has 2 N–H and O–H groups in total. The van der Waals surface area contributed by atoms with Crippen LogP contribution in [0.5, 0.6) is 0 Å². The molecular formula is C21H25N3. The summed E-state index contributed by atoms with van der Waals surface area (Å²) in [5.41, 5.74) is 13.9. The summed E-state index contributed by atoms with van der Waals surface area (Å²) in [5, 5.41) is 4.73. The molecule has 0 amide bonds. The molecule has 0 saturated carbocycles. The van der Waals surface area contributed by atoms with Gasteiger partial charge in [0.2, 0.25) is 0 Å². The second-order valence-corrected chi connectivity index (χ2v) is 6.70. The van der Waals surface area contributed by atoms with Crippen molar-refractivity contribution in [3.05, 3.63) is 70.9 Å². The van der Waals surface area contributed by atoms with Crippen LogP contribution in [0.2, 0.25) is 0 Å². The predicted molar refractivity (Wildman–Crippen MR) is 100 cm³/mol. The summed E-state index contributed by atoms with van der Waals surface area (Å²) in [6.45, 7) is 9.08. The molecule has 124 valence electrons. The van der Waals surface area contributed by atoms with Crippen molar-refractivity contribution in [3.8, 4) is 16.9 Å². The van der Waals surface area contributed by atoms with Crippen LogP contribution >= 0.6 is 0 Å². The predicted octanol–water partition coefficient (Wildman–Crippen LogP) is 4.74. The van der Waals surface area contributed by atoms with Gasteiger partial charge in [0.1, 0.15) is 0 Å². The zero-order valence-electron chi connectivity index (χ0n) is 14.9. The highest BCUT2D eigenvalue weighted by atomic mass is 15.3. The van der Waals surface area contributed by atoms with E-state index in [9.17, 15) is 0 Å². The largest absolute Gasteiger partial charge is 0.325 e. The van der Waals surface area contributed by atoms with Gasteiger partial charge in [-0.25, -0.2) is 4.68 Å². The van der Waals surface area contributed by atoms with Gasteiger partial charge in [0.15, 0.2) is 0 Å². The van der Waals surface area contributed by atoms with Gasteiger partial charge in [0.25, 0.3) is 0 Å². The molecule has 0 aliphatic rings. The van der Waals surface area contributed by atoms with Crippen LogP contribution in [-0.4, -0.2) is 9.78 Å². The van der Waals surface area contributed by atoms with Gasteiger partial charge in [-0.2, -0.15) is 5.10 Å². The minimum absolute atomic E-state index is 0.439. The quantitative estimate of drug-likeness (QED) is 0.755. The monoisotopic (exact) mass is 319 g/mol. The first-order valence-electron chi connectivity index (χ1n) is 8.46. The van der Waals surface area contributed by atoms with Crippen molar-refractivity contribution in [2.45, 2.75) is 40.2 Å². The summed E-state index contributed by atoms with van der Waals surface area (Å²) in [6.07, 6.45) is 0. The number of rotatable bonds is 4. The highest BCUT2D eigenvalue weighted by molar-refractivity contribution is 5.64. The third-order valence-corrected chi connectivity index (χ3v) is 4.44. The first-order chi connectivity index (χ1) is 11.5. The first-order valence-corrected chi connectivity index (χ1v) is 8.46. The molecule has 3 nitrogen and oxygen atoms in total. The van der Waals surface area contributed by atoms with Crippen molar-refractivity contribution in [1.82, 2.24) is 9.78 Å². The van der Waals surface area contributed by atoms with E-state index in [2.05, 4.69) is 76.2 Å². The molecule has 0 atom stereocenters. The first kappa shape index (κ1) is 16.5. The Morgan fingerprint density at radius 2 is 1.71 bits per heavy atom. The smallest absolute Gasteiger partial charge is 0.0771 e. The van der Waals surface area contributed by atoms with Crippen LogP contribution < -0.4 is 5.73 Å². The highest BCUT2D eigenvalue weighted by Crippen LogP contribution is 2.27. The number of benzene rings is 2. The summed E-state index contributed by atoms with van der Waals surface area (Å²) in [6, 6.07) is 17.3. The van der Waals surface area contributed by atoms with E-state index in [-0.39, 0.29) is 0 Å². The third-order valence-electron chi connectivity index (χ3n) is 4.44. The van der Waals surface area contributed by atoms with Gasteiger partial charge < -0.3 is 5.73 Å². The van der Waals surface area contributed by atoms with Gasteiger partial charge in [-0.1, -0.05) is 50.2 Å². The summed E-state index contributed by atoms with van der Waals surface area (Å²) in [5.74, 6) is 0.530. The fourth-order valence-electron chi connectivity index (χ4n) is 2.91. The molecule has 0 saturated heterocycles. The van der Waals surface area contributed by atoms with E-state index in [4.69, 9.17) is 10.8 Å². The standard InChI is InChI=1S/C21H25N3/c1-14(2)17-7-9-18(10-8-17)21-12-19(13-22)23-24(21)20-11-15(3)5-6-16(20)4/h5-12,14H,13,22H2,1-4H3. The van der Waals surface area contributed by atoms with Gasteiger partial charge >= 0.3 is 0 Å². The zero-order valence-corrected chi connectivity index (χ0v) is 14.9. The fourth-order valence-corrected chi connectivity index (χ4v) is 2.91. The van der Waals surface area contributed by atoms with E-state index in [0.29, 0.717) is 12.5 Å². The SMILES string of the molecule is Cc1ccc(C)c(-n2nc(CN)cc2-c2ccc(C(C)C)cc2)c1. The van der Waals surface area contributed by atoms with Crippen LogP contribution in [0.1, 0.15) is 42.1 Å². The minimum atomic E-state index is 0.439. The lowest BCUT2D eigenvalue weighted by Crippen LogP contribution is -2.04. The van der Waals surface area contributed by atoms with Crippen LogP contribution in [0, 0.1) is 13.8 Å². The van der Waals surface area contributed by atoms with Crippen LogP contribution in [-0.2, 0) is 6.54 Å². The molecule has 0 aliphatic carbocycles. The Hall–Kier alpha value is -2.39. The maximum atomic E-state index is 5.84. The average Bonchev–Trinajstić information content (AvgIpc) is 3.01. The number of nitrogens with zero attached hydrogens (tertiary/aromatic N) is 2. The average molecular weight is 319 g/mol. The second-order valence-electron chi connectivity index (χ2n) is 6.70. The van der Waals surface area contributed by atoms with Crippen molar-refractivity contribution >= 4 is 0 Å². The van der Waals surface area contributed by atoms with Crippen LogP contribution in [0.15, 0.2) is 48.5 Å². The summed E-state index contributed by atoms with van der Waals surface area (Å²) >= 11 is 0. The molecule has 0 radical (unpaired) electrons. The minimum Gasteiger partial charge on any atom is -0.325 e. The van der Waals surface area contributed by atoms with Crippen LogP contribution in [0.4, 0.5) is 0 Å². The van der Waals surface area contributed by atoms with E-state index < -0.39 is 0 Å². The highest BCUT2D eigenvalue weighted by Gasteiger charge is 2.13. The zero-order chi connectivity index (χ0) is 17.3. The Balaban J connectivity index is 2.14. The molecule has 0 aliphatic heterocycles. The Morgan fingerprint density at radius 3 is 2.33 bits per heavy atom. The van der Waals surface area contributed by atoms with E-state index in [1.54, 1.807) is 0 Å². The van der Waals surface area contributed by atoms with Crippen molar-refractivity contribution in [1.29, 1.82) is 0 Å². The lowest BCUT2D eigenvalue weighted by atomic mass is 10.0. The number of aryl methyl sites for hydroxylation is 2. The van der Waals surface area contributed by atoms with E-state index in [1.165, 1.54) is 16.7 Å². The van der Waals surface area contributed by atoms with Crippen molar-refractivity contribution < 1.29 is 0 Å². The molecule has 0 bridgehead atoms. The van der Waals surface area contributed by atoms with Gasteiger partial charge in [0.05, 0.1) is 17.1 Å². The van der Waals surface area contributed by atoms with Crippen molar-refractivity contribution in [2.75, 3.05) is 0 Å². The second kappa shape index (κ2) is 6.62. The number of nitrogens with two attached hydrogens (primary N) is 1. The molecule has 1 aromatic heterocycles. The fraction of sp³-hybridized carbons (Fsp3) is 0.286. The van der Waals surface area contributed by atoms with Gasteiger partial charge in [-0.15, -0.1) is 0 Å². The number of hydrogen-bond acceptors (Lipinski definition) is 2. The number of hydrogen-bond donors (Lipinski definition) is 1. The van der Waals surface area contributed by atoms with Gasteiger partial charge in [-0.3, -0.25) is 0 Å². The van der Waals surface area contributed by atoms with Crippen LogP contribution in [0.25, 0.3) is 16.9 Å². The maximum absolute atomic E-state index is 5.84. The normalized spacial score (nSPS) is 11.2. The maximum Gasteiger partial charge on any atom is 0.0771 e. The molecular weight excluding hydrogens is 294 g/mol. The Bertz CT molecular complexity index is 842. The summed E-state index contributed by atoms with van der Waals surface area (Å²) in [7, 11) is 0. The van der Waals surface area contributed by atoms with Crippen molar-refractivity contribution in [2.24, 2.45) is 5.73 Å². The molecule has 0 unspecified atom stereocenters. The molecule has 24 heavy (non-hydrogen) atoms. The Morgan fingerprint density at radius 1 is 1.00 bits per heavy atom. The van der Waals surface area contributed by atoms with Gasteiger partial charge in [-0.05, 0) is 48.6 Å². The van der Waals surface area contributed by atoms with E-state index in [0.717, 1.165) is 22.6 Å². The lowest BCUT2D eigenvalue weighted by Gasteiger charge is -2.12. The molecule has 2 aromatic carbocycles. The summed E-state index contributed by atoms with van der Waals surface area (Å²) < 4.78 is 2.02. The Labute approximate surface area is 144 Å². The van der Waals surface area contributed by atoms with Crippen molar-refractivity contribution in [3.63, 3.8) is 0 Å². The summed E-state index contributed by atoms with van der Waals surface area (Å²) in [4.78, 5) is 0. The molecule has 3 aromatic rings. The number of aromatic nitrogens is 2.